The fourth-order valence-corrected chi connectivity index (χ4v) is 1.51. The highest BCUT2D eigenvalue weighted by atomic mass is 16.3. The summed E-state index contributed by atoms with van der Waals surface area (Å²) in [6, 6.07) is 6.13. The van der Waals surface area contributed by atoms with Crippen LogP contribution in [0.1, 0.15) is 29.7 Å². The first-order chi connectivity index (χ1) is 6.56. The molecule has 2 atom stereocenters. The van der Waals surface area contributed by atoms with E-state index in [0.29, 0.717) is 6.54 Å². The van der Waals surface area contributed by atoms with E-state index < -0.39 is 6.10 Å². The van der Waals surface area contributed by atoms with Crippen molar-refractivity contribution >= 4 is 0 Å². The van der Waals surface area contributed by atoms with Gasteiger partial charge in [0, 0.05) is 0 Å². The summed E-state index contributed by atoms with van der Waals surface area (Å²) >= 11 is 0. The Morgan fingerprint density at radius 3 is 2.57 bits per heavy atom. The molecule has 0 aliphatic rings. The van der Waals surface area contributed by atoms with Crippen molar-refractivity contribution in [3.63, 3.8) is 0 Å². The average Bonchev–Trinajstić information content (AvgIpc) is 2.19. The van der Waals surface area contributed by atoms with Gasteiger partial charge >= 0.3 is 0 Å². The quantitative estimate of drug-likeness (QED) is 0.770. The van der Waals surface area contributed by atoms with Gasteiger partial charge in [-0.15, -0.1) is 0 Å². The molecule has 0 aliphatic carbocycles. The lowest BCUT2D eigenvalue weighted by Crippen LogP contribution is -2.19. The number of nitrogens with two attached hydrogens (primary N) is 1. The van der Waals surface area contributed by atoms with Crippen LogP contribution < -0.4 is 5.73 Å². The first-order valence-corrected chi connectivity index (χ1v) is 5.01. The minimum absolute atomic E-state index is 0.107. The standard InChI is InChI=1S/C12H19NO/c1-8-4-5-9(2)11(6-8)12(14)10(3)7-13/h4-6,10,12,14H,7,13H2,1-3H3. The molecule has 78 valence electrons. The highest BCUT2D eigenvalue weighted by Crippen LogP contribution is 2.24. The second-order valence-corrected chi connectivity index (χ2v) is 4.02. The molecular formula is C12H19NO. The van der Waals surface area contributed by atoms with Crippen LogP contribution in [0, 0.1) is 19.8 Å². The topological polar surface area (TPSA) is 46.2 Å². The van der Waals surface area contributed by atoms with Gasteiger partial charge in [-0.25, -0.2) is 0 Å². The Morgan fingerprint density at radius 1 is 1.36 bits per heavy atom. The molecule has 1 aromatic rings. The number of aryl methyl sites for hydroxylation is 2. The van der Waals surface area contributed by atoms with Gasteiger partial charge in [0.2, 0.25) is 0 Å². The van der Waals surface area contributed by atoms with Gasteiger partial charge in [0.25, 0.3) is 0 Å². The molecule has 14 heavy (non-hydrogen) atoms. The fourth-order valence-electron chi connectivity index (χ4n) is 1.51. The van der Waals surface area contributed by atoms with Gasteiger partial charge in [-0.3, -0.25) is 0 Å². The number of hydrogen-bond acceptors (Lipinski definition) is 2. The summed E-state index contributed by atoms with van der Waals surface area (Å²) in [5, 5.41) is 10.0. The van der Waals surface area contributed by atoms with E-state index in [1.165, 1.54) is 5.56 Å². The molecule has 3 N–H and O–H groups in total. The lowest BCUT2D eigenvalue weighted by molar-refractivity contribution is 0.121. The largest absolute Gasteiger partial charge is 0.388 e. The SMILES string of the molecule is Cc1ccc(C)c(C(O)C(C)CN)c1. The molecule has 1 rings (SSSR count). The van der Waals surface area contributed by atoms with Crippen molar-refractivity contribution in [3.8, 4) is 0 Å². The maximum Gasteiger partial charge on any atom is 0.0830 e. The summed E-state index contributed by atoms with van der Waals surface area (Å²) < 4.78 is 0. The highest BCUT2D eigenvalue weighted by molar-refractivity contribution is 5.32. The smallest absolute Gasteiger partial charge is 0.0830 e. The van der Waals surface area contributed by atoms with E-state index in [2.05, 4.69) is 6.07 Å². The van der Waals surface area contributed by atoms with Crippen LogP contribution in [0.25, 0.3) is 0 Å². The van der Waals surface area contributed by atoms with Crippen molar-refractivity contribution < 1.29 is 5.11 Å². The van der Waals surface area contributed by atoms with Crippen molar-refractivity contribution in [2.75, 3.05) is 6.54 Å². The maximum atomic E-state index is 10.0. The monoisotopic (exact) mass is 193 g/mol. The number of rotatable bonds is 3. The van der Waals surface area contributed by atoms with Crippen molar-refractivity contribution in [1.82, 2.24) is 0 Å². The zero-order chi connectivity index (χ0) is 10.7. The summed E-state index contributed by atoms with van der Waals surface area (Å²) in [7, 11) is 0. The van der Waals surface area contributed by atoms with Crippen molar-refractivity contribution in [3.05, 3.63) is 34.9 Å². The van der Waals surface area contributed by atoms with Gasteiger partial charge in [0.05, 0.1) is 6.10 Å². The average molecular weight is 193 g/mol. The lowest BCUT2D eigenvalue weighted by Gasteiger charge is -2.19. The summed E-state index contributed by atoms with van der Waals surface area (Å²) in [6.07, 6.45) is -0.445. The van der Waals surface area contributed by atoms with Crippen LogP contribution in [0.3, 0.4) is 0 Å². The normalized spacial score (nSPS) is 15.2. The molecule has 0 spiro atoms. The summed E-state index contributed by atoms with van der Waals surface area (Å²) in [5.74, 6) is 0.107. The Kier molecular flexibility index (Phi) is 3.67. The van der Waals surface area contributed by atoms with E-state index in [1.807, 2.05) is 32.9 Å². The minimum atomic E-state index is -0.445. The number of aliphatic hydroxyl groups is 1. The van der Waals surface area contributed by atoms with E-state index in [0.717, 1.165) is 11.1 Å². The summed E-state index contributed by atoms with van der Waals surface area (Å²) in [5.41, 5.74) is 8.84. The van der Waals surface area contributed by atoms with Gasteiger partial charge in [-0.05, 0) is 37.4 Å². The zero-order valence-electron chi connectivity index (χ0n) is 9.12. The molecule has 0 fully saturated rings. The Balaban J connectivity index is 2.99. The van der Waals surface area contributed by atoms with E-state index in [4.69, 9.17) is 5.73 Å². The Morgan fingerprint density at radius 2 is 2.00 bits per heavy atom. The molecule has 0 amide bonds. The van der Waals surface area contributed by atoms with E-state index in [1.54, 1.807) is 0 Å². The molecule has 2 unspecified atom stereocenters. The van der Waals surface area contributed by atoms with E-state index >= 15 is 0 Å². The molecule has 0 saturated carbocycles. The van der Waals surface area contributed by atoms with Crippen LogP contribution in [0.4, 0.5) is 0 Å². The van der Waals surface area contributed by atoms with Crippen LogP contribution in [-0.2, 0) is 0 Å². The van der Waals surface area contributed by atoms with Crippen LogP contribution in [-0.4, -0.2) is 11.7 Å². The molecule has 1 aromatic carbocycles. The molecular weight excluding hydrogens is 174 g/mol. The molecule has 2 nitrogen and oxygen atoms in total. The Labute approximate surface area is 85.8 Å². The van der Waals surface area contributed by atoms with Gasteiger partial charge in [-0.1, -0.05) is 30.7 Å². The Bertz CT molecular complexity index is 309. The minimum Gasteiger partial charge on any atom is -0.388 e. The second kappa shape index (κ2) is 4.58. The predicted octanol–water partition coefficient (Wildman–Crippen LogP) is 1.93. The van der Waals surface area contributed by atoms with Gasteiger partial charge in [0.15, 0.2) is 0 Å². The maximum absolute atomic E-state index is 10.0. The van der Waals surface area contributed by atoms with Crippen LogP contribution in [0.5, 0.6) is 0 Å². The van der Waals surface area contributed by atoms with Gasteiger partial charge < -0.3 is 10.8 Å². The predicted molar refractivity (Wildman–Crippen MR) is 59.1 cm³/mol. The van der Waals surface area contributed by atoms with Crippen LogP contribution in [0.2, 0.25) is 0 Å². The van der Waals surface area contributed by atoms with Crippen molar-refractivity contribution in [2.24, 2.45) is 11.7 Å². The van der Waals surface area contributed by atoms with Crippen molar-refractivity contribution in [1.29, 1.82) is 0 Å². The first-order valence-electron chi connectivity index (χ1n) is 5.01. The fraction of sp³-hybridized carbons (Fsp3) is 0.500. The zero-order valence-corrected chi connectivity index (χ0v) is 9.12. The second-order valence-electron chi connectivity index (χ2n) is 4.02. The third-order valence-electron chi connectivity index (χ3n) is 2.66. The molecule has 0 aromatic heterocycles. The molecule has 0 radical (unpaired) electrons. The van der Waals surface area contributed by atoms with E-state index in [9.17, 15) is 5.11 Å². The number of aliphatic hydroxyl groups excluding tert-OH is 1. The van der Waals surface area contributed by atoms with E-state index in [-0.39, 0.29) is 5.92 Å². The third-order valence-corrected chi connectivity index (χ3v) is 2.66. The van der Waals surface area contributed by atoms with Crippen LogP contribution in [0.15, 0.2) is 18.2 Å². The first kappa shape index (κ1) is 11.2. The summed E-state index contributed by atoms with van der Waals surface area (Å²) in [4.78, 5) is 0. The molecule has 0 saturated heterocycles. The highest BCUT2D eigenvalue weighted by Gasteiger charge is 2.16. The lowest BCUT2D eigenvalue weighted by atomic mass is 9.93. The van der Waals surface area contributed by atoms with Gasteiger partial charge in [0.1, 0.15) is 0 Å². The van der Waals surface area contributed by atoms with Crippen LogP contribution >= 0.6 is 0 Å². The number of benzene rings is 1. The molecule has 2 heteroatoms. The van der Waals surface area contributed by atoms with Crippen molar-refractivity contribution in [2.45, 2.75) is 26.9 Å². The molecule has 0 aliphatic heterocycles. The third kappa shape index (κ3) is 2.34. The summed E-state index contributed by atoms with van der Waals surface area (Å²) in [6.45, 7) is 6.52. The molecule has 0 heterocycles. The Hall–Kier alpha value is -0.860. The number of hydrogen-bond donors (Lipinski definition) is 2. The van der Waals surface area contributed by atoms with Gasteiger partial charge in [-0.2, -0.15) is 0 Å². The molecule has 0 bridgehead atoms.